The van der Waals surface area contributed by atoms with Gasteiger partial charge in [-0.05, 0) is 30.0 Å². The third kappa shape index (κ3) is 5.62. The number of amides is 1. The number of esters is 1. The third-order valence-corrected chi connectivity index (χ3v) is 6.34. The van der Waals surface area contributed by atoms with Gasteiger partial charge in [0.2, 0.25) is 11.9 Å². The highest BCUT2D eigenvalue weighted by atomic mass is 19.4. The SMILES string of the molecule is COC(=O)Cn1cc(Nc2ncc(-c3ccc(CC(=O)Nc4cc(C5(C(F)(F)F)CC5)on4)c(F)c3)cn2)cn1. The zero-order chi connectivity index (χ0) is 28.5. The largest absolute Gasteiger partial charge is 0.468 e. The van der Waals surface area contributed by atoms with Gasteiger partial charge < -0.3 is 19.9 Å². The van der Waals surface area contributed by atoms with E-state index in [0.717, 1.165) is 6.07 Å². The molecule has 0 atom stereocenters. The Hall–Kier alpha value is -4.82. The van der Waals surface area contributed by atoms with E-state index in [1.807, 2.05) is 0 Å². The Morgan fingerprint density at radius 1 is 1.12 bits per heavy atom. The molecular formula is C25H21F4N7O4. The molecule has 0 bridgehead atoms. The Morgan fingerprint density at radius 3 is 2.52 bits per heavy atom. The molecule has 0 radical (unpaired) electrons. The van der Waals surface area contributed by atoms with Crippen LogP contribution in [0, 0.1) is 5.82 Å². The molecule has 40 heavy (non-hydrogen) atoms. The summed E-state index contributed by atoms with van der Waals surface area (Å²) in [6.45, 7) is -0.0507. The standard InChI is InChI=1S/C25H21F4N7O4/c1-39-22(38)13-36-12-17(11-32-36)33-23-30-9-16(10-31-23)14-2-3-15(18(26)6-14)7-21(37)34-20-8-19(40-35-20)24(4-5-24)25(27,28)29/h2-3,6,8-12H,4-5,7,13H2,1H3,(H,30,31,33)(H,34,35,37). The number of carbonyl (C=O) groups is 2. The fourth-order valence-corrected chi connectivity index (χ4v) is 3.97. The molecule has 4 aromatic rings. The van der Waals surface area contributed by atoms with Crippen LogP contribution in [0.2, 0.25) is 0 Å². The maximum absolute atomic E-state index is 14.8. The Balaban J connectivity index is 1.18. The summed E-state index contributed by atoms with van der Waals surface area (Å²) in [5.41, 5.74) is -0.475. The summed E-state index contributed by atoms with van der Waals surface area (Å²) in [5, 5.41) is 12.8. The van der Waals surface area contributed by atoms with Crippen molar-refractivity contribution in [2.24, 2.45) is 0 Å². The van der Waals surface area contributed by atoms with E-state index in [1.165, 1.54) is 42.5 Å². The van der Waals surface area contributed by atoms with Gasteiger partial charge in [-0.15, -0.1) is 0 Å². The molecule has 208 valence electrons. The van der Waals surface area contributed by atoms with Crippen molar-refractivity contribution < 1.29 is 36.4 Å². The Kier molecular flexibility index (Phi) is 6.95. The van der Waals surface area contributed by atoms with Gasteiger partial charge in [0.15, 0.2) is 11.6 Å². The van der Waals surface area contributed by atoms with E-state index in [-0.39, 0.29) is 48.9 Å². The summed E-state index contributed by atoms with van der Waals surface area (Å²) in [4.78, 5) is 32.1. The van der Waals surface area contributed by atoms with Gasteiger partial charge in [0, 0.05) is 30.2 Å². The first-order valence-electron chi connectivity index (χ1n) is 11.9. The van der Waals surface area contributed by atoms with Gasteiger partial charge in [0.05, 0.1) is 25.4 Å². The fraction of sp³-hybridized carbons (Fsp3) is 0.280. The van der Waals surface area contributed by atoms with Crippen LogP contribution < -0.4 is 10.6 Å². The Labute approximate surface area is 223 Å². The molecular weight excluding hydrogens is 538 g/mol. The second kappa shape index (κ2) is 10.4. The monoisotopic (exact) mass is 559 g/mol. The van der Waals surface area contributed by atoms with Crippen LogP contribution in [0.25, 0.3) is 11.1 Å². The molecule has 1 aromatic carbocycles. The molecule has 0 aliphatic heterocycles. The van der Waals surface area contributed by atoms with E-state index >= 15 is 0 Å². The summed E-state index contributed by atoms with van der Waals surface area (Å²) < 4.78 is 65.3. The molecule has 2 N–H and O–H groups in total. The van der Waals surface area contributed by atoms with E-state index in [9.17, 15) is 27.2 Å². The highest BCUT2D eigenvalue weighted by molar-refractivity contribution is 5.91. The minimum absolute atomic E-state index is 0.0507. The number of rotatable bonds is 9. The van der Waals surface area contributed by atoms with Gasteiger partial charge in [-0.1, -0.05) is 17.3 Å². The lowest BCUT2D eigenvalue weighted by Gasteiger charge is -2.14. The normalized spacial score (nSPS) is 14.0. The van der Waals surface area contributed by atoms with E-state index in [0.29, 0.717) is 16.8 Å². The van der Waals surface area contributed by atoms with E-state index in [1.54, 1.807) is 12.3 Å². The number of nitrogens with zero attached hydrogens (tertiary/aromatic N) is 5. The summed E-state index contributed by atoms with van der Waals surface area (Å²) in [6.07, 6.45) is 0.954. The molecule has 1 aliphatic carbocycles. The van der Waals surface area contributed by atoms with Crippen molar-refractivity contribution in [1.82, 2.24) is 24.9 Å². The van der Waals surface area contributed by atoms with Crippen molar-refractivity contribution in [3.8, 4) is 11.1 Å². The molecule has 15 heteroatoms. The second-order valence-electron chi connectivity index (χ2n) is 9.11. The number of ether oxygens (including phenoxy) is 1. The number of hydrogen-bond acceptors (Lipinski definition) is 9. The molecule has 0 unspecified atom stereocenters. The predicted octanol–water partition coefficient (Wildman–Crippen LogP) is 4.16. The van der Waals surface area contributed by atoms with Crippen LogP contribution in [0.3, 0.4) is 0 Å². The van der Waals surface area contributed by atoms with Gasteiger partial charge in [-0.25, -0.2) is 14.4 Å². The molecule has 1 saturated carbocycles. The van der Waals surface area contributed by atoms with Gasteiger partial charge in [-0.3, -0.25) is 14.3 Å². The summed E-state index contributed by atoms with van der Waals surface area (Å²) in [5.74, 6) is -2.07. The minimum atomic E-state index is -4.47. The Morgan fingerprint density at radius 2 is 1.88 bits per heavy atom. The maximum atomic E-state index is 14.8. The van der Waals surface area contributed by atoms with Gasteiger partial charge in [0.25, 0.3) is 0 Å². The van der Waals surface area contributed by atoms with Crippen molar-refractivity contribution in [2.75, 3.05) is 17.7 Å². The molecule has 0 saturated heterocycles. The lowest BCUT2D eigenvalue weighted by atomic mass is 10.0. The number of nitrogens with one attached hydrogen (secondary N) is 2. The lowest BCUT2D eigenvalue weighted by molar-refractivity contribution is -0.165. The second-order valence-corrected chi connectivity index (χ2v) is 9.11. The highest BCUT2D eigenvalue weighted by Crippen LogP contribution is 2.59. The summed E-state index contributed by atoms with van der Waals surface area (Å²) >= 11 is 0. The minimum Gasteiger partial charge on any atom is -0.468 e. The number of methoxy groups -OCH3 is 1. The van der Waals surface area contributed by atoms with Crippen molar-refractivity contribution in [3.63, 3.8) is 0 Å². The van der Waals surface area contributed by atoms with E-state index in [2.05, 4.69) is 35.6 Å². The number of anilines is 3. The average Bonchev–Trinajstić information content (AvgIpc) is 3.44. The molecule has 1 amide bonds. The van der Waals surface area contributed by atoms with Crippen LogP contribution in [-0.4, -0.2) is 50.1 Å². The fourth-order valence-electron chi connectivity index (χ4n) is 3.97. The van der Waals surface area contributed by atoms with Gasteiger partial charge in [-0.2, -0.15) is 18.3 Å². The predicted molar refractivity (Wildman–Crippen MR) is 131 cm³/mol. The first-order valence-corrected chi connectivity index (χ1v) is 11.9. The first kappa shape index (κ1) is 26.8. The number of alkyl halides is 3. The smallest absolute Gasteiger partial charge is 0.401 e. The quantitative estimate of drug-likeness (QED) is 0.229. The van der Waals surface area contributed by atoms with Crippen molar-refractivity contribution in [2.45, 2.75) is 37.4 Å². The molecule has 0 spiro atoms. The molecule has 3 heterocycles. The molecule has 11 nitrogen and oxygen atoms in total. The van der Waals surface area contributed by atoms with Crippen molar-refractivity contribution in [1.29, 1.82) is 0 Å². The van der Waals surface area contributed by atoms with Gasteiger partial charge in [0.1, 0.15) is 17.8 Å². The zero-order valence-electron chi connectivity index (χ0n) is 20.8. The number of carbonyl (C=O) groups excluding carboxylic acids is 2. The van der Waals surface area contributed by atoms with E-state index in [4.69, 9.17) is 4.52 Å². The zero-order valence-corrected chi connectivity index (χ0v) is 20.8. The average molecular weight is 559 g/mol. The van der Waals surface area contributed by atoms with E-state index < -0.39 is 29.3 Å². The Bertz CT molecular complexity index is 1550. The van der Waals surface area contributed by atoms with Crippen molar-refractivity contribution >= 4 is 29.3 Å². The number of aromatic nitrogens is 5. The molecule has 1 aliphatic rings. The number of halogens is 4. The van der Waals surface area contributed by atoms with Crippen LogP contribution in [0.15, 0.2) is 53.6 Å². The number of hydrogen-bond donors (Lipinski definition) is 2. The summed E-state index contributed by atoms with van der Waals surface area (Å²) in [6, 6.07) is 5.27. The van der Waals surface area contributed by atoms with Crippen LogP contribution >= 0.6 is 0 Å². The van der Waals surface area contributed by atoms with Crippen molar-refractivity contribution in [3.05, 3.63) is 66.2 Å². The number of benzene rings is 1. The molecule has 3 aromatic heterocycles. The summed E-state index contributed by atoms with van der Waals surface area (Å²) in [7, 11) is 1.28. The van der Waals surface area contributed by atoms with Crippen LogP contribution in [0.1, 0.15) is 24.2 Å². The molecule has 1 fully saturated rings. The maximum Gasteiger partial charge on any atom is 0.401 e. The van der Waals surface area contributed by atoms with Gasteiger partial charge >= 0.3 is 12.1 Å². The van der Waals surface area contributed by atoms with Crippen LogP contribution in [0.4, 0.5) is 35.0 Å². The molecule has 5 rings (SSSR count). The lowest BCUT2D eigenvalue weighted by Crippen LogP contribution is -2.28. The highest BCUT2D eigenvalue weighted by Gasteiger charge is 2.66. The van der Waals surface area contributed by atoms with Crippen LogP contribution in [-0.2, 0) is 32.7 Å². The third-order valence-electron chi connectivity index (χ3n) is 6.34. The topological polar surface area (TPSA) is 137 Å². The first-order chi connectivity index (χ1) is 19.1. The van der Waals surface area contributed by atoms with Crippen LogP contribution in [0.5, 0.6) is 0 Å².